The number of ketones is 1. The van der Waals surface area contributed by atoms with E-state index < -0.39 is 0 Å². The largest absolute Gasteiger partial charge is 0.299 e. The average Bonchev–Trinajstić information content (AvgIpc) is 1.81. The molecular weight excluding hydrogens is 136 g/mol. The topological polar surface area (TPSA) is 17.1 Å². The fourth-order valence-corrected chi connectivity index (χ4v) is 3.85. The second-order valence-corrected chi connectivity index (χ2v) is 5.14. The monoisotopic (exact) mass is 150 g/mol. The summed E-state index contributed by atoms with van der Waals surface area (Å²) in [5.74, 6) is 2.73. The lowest BCUT2D eigenvalue weighted by Crippen LogP contribution is -2.57. The second kappa shape index (κ2) is 1.55. The van der Waals surface area contributed by atoms with E-state index in [4.69, 9.17) is 0 Å². The molecule has 5 saturated carbocycles. The summed E-state index contributed by atoms with van der Waals surface area (Å²) >= 11 is 0. The Morgan fingerprint density at radius 2 is 2.00 bits per heavy atom. The first-order chi connectivity index (χ1) is 5.18. The summed E-state index contributed by atoms with van der Waals surface area (Å²) < 4.78 is 0. The number of fused-ring (bicyclic) bond motifs is 1. The Morgan fingerprint density at radius 1 is 1.36 bits per heavy atom. The van der Waals surface area contributed by atoms with Crippen molar-refractivity contribution in [3.63, 3.8) is 0 Å². The van der Waals surface area contributed by atoms with E-state index in [1.807, 2.05) is 0 Å². The summed E-state index contributed by atoms with van der Waals surface area (Å²) in [6.07, 6.45) is 4.95. The minimum absolute atomic E-state index is 0.430. The van der Waals surface area contributed by atoms with Crippen LogP contribution in [0.4, 0.5) is 0 Å². The Kier molecular flexibility index (Phi) is 0.875. The molecule has 0 radical (unpaired) electrons. The van der Waals surface area contributed by atoms with Crippen LogP contribution in [-0.2, 0) is 4.79 Å². The van der Waals surface area contributed by atoms with Crippen molar-refractivity contribution in [1.82, 2.24) is 0 Å². The van der Waals surface area contributed by atoms with Gasteiger partial charge in [0.1, 0.15) is 5.78 Å². The van der Waals surface area contributed by atoms with Gasteiger partial charge in [0.15, 0.2) is 0 Å². The molecule has 1 nitrogen and oxygen atoms in total. The Morgan fingerprint density at radius 3 is 2.45 bits per heavy atom. The molecule has 0 aromatic heterocycles. The lowest BCUT2D eigenvalue weighted by molar-refractivity contribution is -0.161. The first-order valence-corrected chi connectivity index (χ1v) is 4.71. The fraction of sp³-hybridized carbons (Fsp3) is 0.900. The molecule has 4 bridgehead atoms. The molecule has 0 amide bonds. The molecule has 60 valence electrons. The first-order valence-electron chi connectivity index (χ1n) is 4.71. The molecule has 0 heterocycles. The maximum atomic E-state index is 11.5. The van der Waals surface area contributed by atoms with Crippen LogP contribution >= 0.6 is 0 Å². The molecule has 0 saturated heterocycles. The average molecular weight is 150 g/mol. The van der Waals surface area contributed by atoms with Gasteiger partial charge in [0, 0.05) is 12.3 Å². The van der Waals surface area contributed by atoms with Gasteiger partial charge in [0.05, 0.1) is 0 Å². The summed E-state index contributed by atoms with van der Waals surface area (Å²) in [4.78, 5) is 11.5. The SMILES string of the molecule is CC12CC(=O)C3C(CC3C1)C2. The molecule has 0 aromatic carbocycles. The van der Waals surface area contributed by atoms with E-state index in [-0.39, 0.29) is 0 Å². The van der Waals surface area contributed by atoms with Gasteiger partial charge in [0.2, 0.25) is 0 Å². The van der Waals surface area contributed by atoms with Crippen LogP contribution in [-0.4, -0.2) is 5.78 Å². The molecule has 5 rings (SSSR count). The Balaban J connectivity index is 2.01. The highest BCUT2D eigenvalue weighted by molar-refractivity contribution is 5.85. The Bertz CT molecular complexity index is 219. The molecule has 5 aliphatic carbocycles. The van der Waals surface area contributed by atoms with Crippen LogP contribution < -0.4 is 0 Å². The van der Waals surface area contributed by atoms with Crippen molar-refractivity contribution >= 4 is 5.78 Å². The summed E-state index contributed by atoms with van der Waals surface area (Å²) in [5.41, 5.74) is 0.430. The quantitative estimate of drug-likeness (QED) is 0.516. The molecule has 0 aliphatic heterocycles. The smallest absolute Gasteiger partial charge is 0.137 e. The molecule has 2 unspecified atom stereocenters. The number of rotatable bonds is 0. The van der Waals surface area contributed by atoms with Crippen molar-refractivity contribution in [2.75, 3.05) is 0 Å². The van der Waals surface area contributed by atoms with E-state index in [2.05, 4.69) is 6.92 Å². The van der Waals surface area contributed by atoms with E-state index >= 15 is 0 Å². The molecule has 0 spiro atoms. The Labute approximate surface area is 67.2 Å². The predicted molar refractivity (Wildman–Crippen MR) is 42.1 cm³/mol. The van der Waals surface area contributed by atoms with Crippen molar-refractivity contribution in [2.45, 2.75) is 32.6 Å². The third-order valence-corrected chi connectivity index (χ3v) is 4.10. The lowest BCUT2D eigenvalue weighted by atomic mass is 9.43. The molecule has 1 heteroatoms. The van der Waals surface area contributed by atoms with Crippen LogP contribution in [0.5, 0.6) is 0 Å². The standard InChI is InChI=1S/C10H14O/c1-10-3-6-2-7(4-10)9(6)8(11)5-10/h6-7,9H,2-5H2,1H3. The highest BCUT2D eigenvalue weighted by Crippen LogP contribution is 2.63. The predicted octanol–water partition coefficient (Wildman–Crippen LogP) is 2.01. The van der Waals surface area contributed by atoms with Crippen LogP contribution in [0, 0.1) is 23.2 Å². The van der Waals surface area contributed by atoms with Gasteiger partial charge in [0.25, 0.3) is 0 Å². The fourth-order valence-electron chi connectivity index (χ4n) is 3.85. The second-order valence-electron chi connectivity index (χ2n) is 5.14. The zero-order valence-corrected chi connectivity index (χ0v) is 6.97. The minimum Gasteiger partial charge on any atom is -0.299 e. The zero-order chi connectivity index (χ0) is 7.64. The molecule has 0 N–H and O–H groups in total. The summed E-state index contributed by atoms with van der Waals surface area (Å²) in [6.45, 7) is 2.31. The van der Waals surface area contributed by atoms with Crippen LogP contribution in [0.25, 0.3) is 0 Å². The molecule has 2 atom stereocenters. The van der Waals surface area contributed by atoms with Crippen LogP contribution in [0.3, 0.4) is 0 Å². The van der Waals surface area contributed by atoms with E-state index in [9.17, 15) is 4.79 Å². The van der Waals surface area contributed by atoms with Crippen molar-refractivity contribution in [3.05, 3.63) is 0 Å². The lowest BCUT2D eigenvalue weighted by Gasteiger charge is -2.60. The molecule has 0 aromatic rings. The van der Waals surface area contributed by atoms with Gasteiger partial charge in [-0.15, -0.1) is 0 Å². The van der Waals surface area contributed by atoms with Gasteiger partial charge in [-0.3, -0.25) is 4.79 Å². The maximum absolute atomic E-state index is 11.5. The number of Topliss-reactive ketones (excluding diaryl/α,β-unsaturated/α-hetero) is 1. The maximum Gasteiger partial charge on any atom is 0.137 e. The molecule has 11 heavy (non-hydrogen) atoms. The summed E-state index contributed by atoms with van der Waals surface area (Å²) in [7, 11) is 0. The van der Waals surface area contributed by atoms with Gasteiger partial charge in [-0.2, -0.15) is 0 Å². The van der Waals surface area contributed by atoms with Crippen molar-refractivity contribution in [2.24, 2.45) is 23.2 Å². The van der Waals surface area contributed by atoms with Crippen molar-refractivity contribution in [3.8, 4) is 0 Å². The van der Waals surface area contributed by atoms with E-state index in [1.54, 1.807) is 0 Å². The highest BCUT2D eigenvalue weighted by Gasteiger charge is 2.59. The number of carbonyl (C=O) groups excluding carboxylic acids is 1. The third-order valence-electron chi connectivity index (χ3n) is 4.10. The number of hydrogen-bond acceptors (Lipinski definition) is 1. The van der Waals surface area contributed by atoms with Gasteiger partial charge in [-0.25, -0.2) is 0 Å². The van der Waals surface area contributed by atoms with Gasteiger partial charge in [-0.05, 0) is 36.5 Å². The van der Waals surface area contributed by atoms with E-state index in [0.717, 1.165) is 18.3 Å². The highest BCUT2D eigenvalue weighted by atomic mass is 16.1. The number of carbonyl (C=O) groups is 1. The van der Waals surface area contributed by atoms with Crippen molar-refractivity contribution < 1.29 is 4.79 Å². The van der Waals surface area contributed by atoms with E-state index in [1.165, 1.54) is 19.3 Å². The summed E-state index contributed by atoms with van der Waals surface area (Å²) in [5, 5.41) is 0. The normalized spacial score (nSPS) is 59.4. The van der Waals surface area contributed by atoms with Gasteiger partial charge < -0.3 is 0 Å². The van der Waals surface area contributed by atoms with Crippen LogP contribution in [0.15, 0.2) is 0 Å². The van der Waals surface area contributed by atoms with Gasteiger partial charge in [-0.1, -0.05) is 6.92 Å². The molecule has 5 fully saturated rings. The number of hydrogen-bond donors (Lipinski definition) is 0. The van der Waals surface area contributed by atoms with Crippen LogP contribution in [0.1, 0.15) is 32.6 Å². The Hall–Kier alpha value is -0.330. The van der Waals surface area contributed by atoms with E-state index in [0.29, 0.717) is 17.1 Å². The summed E-state index contributed by atoms with van der Waals surface area (Å²) in [6, 6.07) is 0. The third kappa shape index (κ3) is 0.605. The first kappa shape index (κ1) is 6.22. The van der Waals surface area contributed by atoms with Crippen LogP contribution in [0.2, 0.25) is 0 Å². The zero-order valence-electron chi connectivity index (χ0n) is 6.97. The minimum atomic E-state index is 0.430. The van der Waals surface area contributed by atoms with Gasteiger partial charge >= 0.3 is 0 Å². The molecule has 5 aliphatic rings. The van der Waals surface area contributed by atoms with Crippen molar-refractivity contribution in [1.29, 1.82) is 0 Å². The molecular formula is C10H14O.